The first-order valence-corrected chi connectivity index (χ1v) is 7.91. The number of aryl methyl sites for hydroxylation is 1. The Bertz CT molecular complexity index is 654. The number of carbonyl (C=O) groups excluding carboxylic acids is 2. The number of nitrogens with zero attached hydrogens (tertiary/aromatic N) is 1. The Balaban J connectivity index is 2.38. The van der Waals surface area contributed by atoms with Gasteiger partial charge in [-0.15, -0.1) is 0 Å². The van der Waals surface area contributed by atoms with Crippen LogP contribution in [0.1, 0.15) is 12.0 Å². The molecular formula is C13H17N3O4S. The molecule has 1 unspecified atom stereocenters. The molecule has 0 radical (unpaired) electrons. The molecule has 2 amide bonds. The van der Waals surface area contributed by atoms with Gasteiger partial charge in [-0.25, -0.2) is 8.42 Å². The smallest absolute Gasteiger partial charge is 0.243 e. The van der Waals surface area contributed by atoms with Gasteiger partial charge in [0.15, 0.2) is 0 Å². The molecule has 8 heteroatoms. The number of benzene rings is 1. The van der Waals surface area contributed by atoms with Gasteiger partial charge < -0.3 is 11.1 Å². The maximum Gasteiger partial charge on any atom is 0.243 e. The fourth-order valence-corrected chi connectivity index (χ4v) is 3.80. The minimum Gasteiger partial charge on any atom is -0.370 e. The molecule has 1 aromatic carbocycles. The molecule has 7 nitrogen and oxygen atoms in total. The van der Waals surface area contributed by atoms with E-state index in [4.69, 9.17) is 5.73 Å². The van der Waals surface area contributed by atoms with Crippen molar-refractivity contribution < 1.29 is 18.0 Å². The van der Waals surface area contributed by atoms with Gasteiger partial charge in [-0.3, -0.25) is 9.59 Å². The third kappa shape index (κ3) is 3.22. The highest BCUT2D eigenvalue weighted by atomic mass is 32.2. The van der Waals surface area contributed by atoms with Gasteiger partial charge in [0.25, 0.3) is 0 Å². The van der Waals surface area contributed by atoms with Gasteiger partial charge in [-0.05, 0) is 19.1 Å². The fourth-order valence-electron chi connectivity index (χ4n) is 2.21. The van der Waals surface area contributed by atoms with Crippen molar-refractivity contribution in [1.29, 1.82) is 0 Å². The van der Waals surface area contributed by atoms with Crippen LogP contribution in [0.4, 0.5) is 0 Å². The van der Waals surface area contributed by atoms with Crippen LogP contribution in [0.25, 0.3) is 0 Å². The van der Waals surface area contributed by atoms with Crippen LogP contribution in [-0.2, 0) is 19.6 Å². The van der Waals surface area contributed by atoms with Crippen LogP contribution in [0.3, 0.4) is 0 Å². The maximum atomic E-state index is 12.6. The standard InChI is InChI=1S/C13H17N3O4S/c1-9-2-4-10(5-3-9)21(19,20)16-7-6-15-13(18)11(16)8-12(14)17/h2-5,11H,6-8H2,1H3,(H2,14,17)(H,15,18). The highest BCUT2D eigenvalue weighted by Gasteiger charge is 2.39. The van der Waals surface area contributed by atoms with Gasteiger partial charge in [-0.1, -0.05) is 17.7 Å². The number of rotatable bonds is 4. The van der Waals surface area contributed by atoms with Gasteiger partial charge in [0.05, 0.1) is 11.3 Å². The number of piperazine rings is 1. The normalized spacial score (nSPS) is 20.0. The summed E-state index contributed by atoms with van der Waals surface area (Å²) >= 11 is 0. The first-order chi connectivity index (χ1) is 9.82. The minimum atomic E-state index is -3.84. The van der Waals surface area contributed by atoms with E-state index in [0.29, 0.717) is 0 Å². The third-order valence-corrected chi connectivity index (χ3v) is 5.23. The fraction of sp³-hybridized carbons (Fsp3) is 0.385. The number of nitrogens with one attached hydrogen (secondary N) is 1. The van der Waals surface area contributed by atoms with Crippen molar-refractivity contribution in [2.45, 2.75) is 24.3 Å². The molecule has 0 bridgehead atoms. The molecule has 1 aliphatic heterocycles. The molecular weight excluding hydrogens is 294 g/mol. The molecule has 0 saturated carbocycles. The molecule has 3 N–H and O–H groups in total. The molecule has 1 atom stereocenters. The first-order valence-electron chi connectivity index (χ1n) is 6.47. The Hall–Kier alpha value is -1.93. The monoisotopic (exact) mass is 311 g/mol. The van der Waals surface area contributed by atoms with Gasteiger partial charge in [0.1, 0.15) is 6.04 Å². The van der Waals surface area contributed by atoms with E-state index in [-0.39, 0.29) is 24.4 Å². The zero-order valence-electron chi connectivity index (χ0n) is 11.6. The highest BCUT2D eigenvalue weighted by Crippen LogP contribution is 2.21. The van der Waals surface area contributed by atoms with E-state index >= 15 is 0 Å². The van der Waals surface area contributed by atoms with E-state index in [1.54, 1.807) is 12.1 Å². The molecule has 1 aromatic rings. The average molecular weight is 311 g/mol. The quantitative estimate of drug-likeness (QED) is 0.770. The van der Waals surface area contributed by atoms with E-state index in [2.05, 4.69) is 5.32 Å². The first kappa shape index (κ1) is 15.5. The lowest BCUT2D eigenvalue weighted by Gasteiger charge is -2.33. The molecule has 1 heterocycles. The van der Waals surface area contributed by atoms with E-state index in [9.17, 15) is 18.0 Å². The second kappa shape index (κ2) is 5.82. The van der Waals surface area contributed by atoms with E-state index in [1.807, 2.05) is 6.92 Å². The van der Waals surface area contributed by atoms with Crippen LogP contribution in [0.2, 0.25) is 0 Å². The molecule has 21 heavy (non-hydrogen) atoms. The Morgan fingerprint density at radius 2 is 2.00 bits per heavy atom. The number of carbonyl (C=O) groups is 2. The summed E-state index contributed by atoms with van der Waals surface area (Å²) in [6.45, 7) is 2.17. The van der Waals surface area contributed by atoms with E-state index in [1.165, 1.54) is 12.1 Å². The second-order valence-electron chi connectivity index (χ2n) is 4.91. The van der Waals surface area contributed by atoms with Crippen molar-refractivity contribution in [3.8, 4) is 0 Å². The summed E-state index contributed by atoms with van der Waals surface area (Å²) in [6, 6.07) is 5.24. The van der Waals surface area contributed by atoms with Crippen molar-refractivity contribution in [2.24, 2.45) is 5.73 Å². The molecule has 0 spiro atoms. The van der Waals surface area contributed by atoms with Crippen molar-refractivity contribution in [3.05, 3.63) is 29.8 Å². The largest absolute Gasteiger partial charge is 0.370 e. The zero-order valence-corrected chi connectivity index (χ0v) is 12.4. The average Bonchev–Trinajstić information content (AvgIpc) is 2.41. The number of amides is 2. The Kier molecular flexibility index (Phi) is 4.29. The minimum absolute atomic E-state index is 0.0947. The van der Waals surface area contributed by atoms with Crippen LogP contribution in [0, 0.1) is 6.92 Å². The predicted octanol–water partition coefficient (Wildman–Crippen LogP) is -0.640. The van der Waals surface area contributed by atoms with E-state index in [0.717, 1.165) is 9.87 Å². The van der Waals surface area contributed by atoms with Crippen LogP contribution >= 0.6 is 0 Å². The van der Waals surface area contributed by atoms with E-state index < -0.39 is 27.9 Å². The lowest BCUT2D eigenvalue weighted by molar-refractivity contribution is -0.130. The Labute approximate surface area is 123 Å². The summed E-state index contributed by atoms with van der Waals surface area (Å²) in [4.78, 5) is 23.0. The van der Waals surface area contributed by atoms with Crippen molar-refractivity contribution in [2.75, 3.05) is 13.1 Å². The Morgan fingerprint density at radius 3 is 2.57 bits per heavy atom. The number of nitrogens with two attached hydrogens (primary N) is 1. The summed E-state index contributed by atoms with van der Waals surface area (Å²) < 4.78 is 26.3. The molecule has 0 aliphatic carbocycles. The summed E-state index contributed by atoms with van der Waals surface area (Å²) in [5, 5.41) is 2.55. The topological polar surface area (TPSA) is 110 Å². The summed E-state index contributed by atoms with van der Waals surface area (Å²) in [5.74, 6) is -1.23. The second-order valence-corrected chi connectivity index (χ2v) is 6.80. The predicted molar refractivity (Wildman–Crippen MR) is 75.7 cm³/mol. The lowest BCUT2D eigenvalue weighted by Crippen LogP contribution is -2.58. The number of hydrogen-bond donors (Lipinski definition) is 2. The van der Waals surface area contributed by atoms with Crippen LogP contribution in [0.5, 0.6) is 0 Å². The summed E-state index contributed by atoms with van der Waals surface area (Å²) in [7, 11) is -3.84. The van der Waals surface area contributed by atoms with Crippen molar-refractivity contribution in [3.63, 3.8) is 0 Å². The molecule has 2 rings (SSSR count). The molecule has 1 fully saturated rings. The van der Waals surface area contributed by atoms with Crippen LogP contribution in [0.15, 0.2) is 29.2 Å². The van der Waals surface area contributed by atoms with Gasteiger partial charge >= 0.3 is 0 Å². The third-order valence-electron chi connectivity index (χ3n) is 3.30. The van der Waals surface area contributed by atoms with Gasteiger partial charge in [0, 0.05) is 13.1 Å². The highest BCUT2D eigenvalue weighted by molar-refractivity contribution is 7.89. The SMILES string of the molecule is Cc1ccc(S(=O)(=O)N2CCNC(=O)C2CC(N)=O)cc1. The summed E-state index contributed by atoms with van der Waals surface area (Å²) in [5.41, 5.74) is 6.04. The molecule has 0 aromatic heterocycles. The molecule has 1 saturated heterocycles. The van der Waals surface area contributed by atoms with Crippen molar-refractivity contribution >= 4 is 21.8 Å². The number of hydrogen-bond acceptors (Lipinski definition) is 4. The van der Waals surface area contributed by atoms with Crippen LogP contribution in [-0.4, -0.2) is 43.7 Å². The van der Waals surface area contributed by atoms with Gasteiger partial charge in [-0.2, -0.15) is 4.31 Å². The Morgan fingerprint density at radius 1 is 1.38 bits per heavy atom. The summed E-state index contributed by atoms with van der Waals surface area (Å²) in [6.07, 6.45) is -0.336. The molecule has 114 valence electrons. The molecule has 1 aliphatic rings. The van der Waals surface area contributed by atoms with Crippen LogP contribution < -0.4 is 11.1 Å². The van der Waals surface area contributed by atoms with Gasteiger partial charge in [0.2, 0.25) is 21.8 Å². The van der Waals surface area contributed by atoms with Crippen molar-refractivity contribution in [1.82, 2.24) is 9.62 Å². The number of primary amides is 1. The number of sulfonamides is 1. The maximum absolute atomic E-state index is 12.6. The lowest BCUT2D eigenvalue weighted by atomic mass is 10.1. The zero-order chi connectivity index (χ0) is 15.6.